The number of aromatic nitrogens is 4. The molecule has 0 bridgehead atoms. The van der Waals surface area contributed by atoms with Gasteiger partial charge in [-0.05, 0) is 37.1 Å². The number of imidazole rings is 1. The van der Waals surface area contributed by atoms with E-state index in [0.29, 0.717) is 17.2 Å². The maximum Gasteiger partial charge on any atom is 0.332 e. The third-order valence-corrected chi connectivity index (χ3v) is 5.56. The molecule has 1 saturated carbocycles. The van der Waals surface area contributed by atoms with Gasteiger partial charge in [-0.3, -0.25) is 18.7 Å². The molecular formula is C21H25N5O4. The van der Waals surface area contributed by atoms with E-state index in [4.69, 9.17) is 4.74 Å². The smallest absolute Gasteiger partial charge is 0.332 e. The lowest BCUT2D eigenvalue weighted by molar-refractivity contribution is -0.124. The normalized spacial score (nSPS) is 14.7. The molecule has 9 heteroatoms. The average molecular weight is 411 g/mol. The third-order valence-electron chi connectivity index (χ3n) is 5.56. The lowest BCUT2D eigenvalue weighted by Crippen LogP contribution is -2.38. The first kappa shape index (κ1) is 19.9. The van der Waals surface area contributed by atoms with Gasteiger partial charge in [0.25, 0.3) is 11.5 Å². The van der Waals surface area contributed by atoms with Gasteiger partial charge in [-0.15, -0.1) is 0 Å². The highest BCUT2D eigenvalue weighted by atomic mass is 16.5. The van der Waals surface area contributed by atoms with Crippen LogP contribution in [-0.4, -0.2) is 37.7 Å². The van der Waals surface area contributed by atoms with Gasteiger partial charge >= 0.3 is 5.69 Å². The molecule has 0 spiro atoms. The van der Waals surface area contributed by atoms with Gasteiger partial charge in [0.2, 0.25) is 0 Å². The molecule has 1 amide bonds. The Balaban J connectivity index is 1.45. The summed E-state index contributed by atoms with van der Waals surface area (Å²) in [6, 6.07) is 7.32. The molecule has 0 atom stereocenters. The van der Waals surface area contributed by atoms with E-state index in [2.05, 4.69) is 15.3 Å². The summed E-state index contributed by atoms with van der Waals surface area (Å²) in [7, 11) is 3.01. The number of hydrogen-bond acceptors (Lipinski definition) is 5. The van der Waals surface area contributed by atoms with Gasteiger partial charge in [-0.25, -0.2) is 9.78 Å². The monoisotopic (exact) mass is 411 g/mol. The molecule has 3 aromatic rings. The zero-order chi connectivity index (χ0) is 21.3. The molecule has 0 unspecified atom stereocenters. The van der Waals surface area contributed by atoms with Crippen LogP contribution in [0.25, 0.3) is 22.6 Å². The summed E-state index contributed by atoms with van der Waals surface area (Å²) in [5.74, 6) is 0.932. The highest BCUT2D eigenvalue weighted by Crippen LogP contribution is 2.21. The molecule has 1 aliphatic carbocycles. The maximum absolute atomic E-state index is 12.3. The SMILES string of the molecule is Cn1c(=O)c2[nH]c(-c3ccc(OCC(=O)NC4CCCCC4)cc3)nc2n(C)c1=O. The predicted octanol–water partition coefficient (Wildman–Crippen LogP) is 1.45. The first-order chi connectivity index (χ1) is 14.4. The van der Waals surface area contributed by atoms with Crippen molar-refractivity contribution in [1.82, 2.24) is 24.4 Å². The standard InChI is InChI=1S/C21H25N5O4/c1-25-19-17(20(28)26(2)21(25)29)23-18(24-19)13-8-10-15(11-9-13)30-12-16(27)22-14-6-4-3-5-7-14/h8-11,14H,3-7,12H2,1-2H3,(H,22,27)(H,23,24). The van der Waals surface area contributed by atoms with E-state index in [-0.39, 0.29) is 24.1 Å². The van der Waals surface area contributed by atoms with Gasteiger partial charge in [0.15, 0.2) is 12.3 Å². The first-order valence-corrected chi connectivity index (χ1v) is 10.1. The van der Waals surface area contributed by atoms with Crippen LogP contribution in [0.2, 0.25) is 0 Å². The van der Waals surface area contributed by atoms with Crippen molar-refractivity contribution in [2.24, 2.45) is 14.1 Å². The molecule has 1 aromatic carbocycles. The summed E-state index contributed by atoms with van der Waals surface area (Å²) in [5, 5.41) is 3.02. The molecule has 0 saturated heterocycles. The van der Waals surface area contributed by atoms with E-state index in [1.165, 1.54) is 18.0 Å². The highest BCUT2D eigenvalue weighted by Gasteiger charge is 2.16. The van der Waals surface area contributed by atoms with Crippen LogP contribution in [0.15, 0.2) is 33.9 Å². The molecule has 1 fully saturated rings. The number of benzene rings is 1. The fourth-order valence-corrected chi connectivity index (χ4v) is 3.84. The van der Waals surface area contributed by atoms with Gasteiger partial charge in [0.05, 0.1) is 0 Å². The number of nitrogens with one attached hydrogen (secondary N) is 2. The number of carbonyl (C=O) groups excluding carboxylic acids is 1. The molecule has 30 heavy (non-hydrogen) atoms. The molecule has 0 aliphatic heterocycles. The quantitative estimate of drug-likeness (QED) is 0.660. The van der Waals surface area contributed by atoms with E-state index in [1.807, 2.05) is 0 Å². The van der Waals surface area contributed by atoms with Crippen LogP contribution in [0.5, 0.6) is 5.75 Å². The minimum Gasteiger partial charge on any atom is -0.484 e. The molecule has 0 radical (unpaired) electrons. The van der Waals surface area contributed by atoms with Crippen LogP contribution in [-0.2, 0) is 18.9 Å². The number of carbonyl (C=O) groups is 1. The molecule has 158 valence electrons. The zero-order valence-electron chi connectivity index (χ0n) is 17.1. The molecule has 2 aromatic heterocycles. The van der Waals surface area contributed by atoms with E-state index in [1.54, 1.807) is 31.3 Å². The van der Waals surface area contributed by atoms with Crippen molar-refractivity contribution in [3.05, 3.63) is 45.1 Å². The molecule has 1 aliphatic rings. The van der Waals surface area contributed by atoms with Crippen molar-refractivity contribution >= 4 is 17.1 Å². The van der Waals surface area contributed by atoms with Crippen LogP contribution in [0.1, 0.15) is 32.1 Å². The minimum atomic E-state index is -0.430. The van der Waals surface area contributed by atoms with Gasteiger partial charge in [-0.1, -0.05) is 19.3 Å². The Labute approximate surface area is 172 Å². The Morgan fingerprint density at radius 2 is 1.83 bits per heavy atom. The summed E-state index contributed by atoms with van der Waals surface area (Å²) < 4.78 is 7.96. The molecule has 9 nitrogen and oxygen atoms in total. The summed E-state index contributed by atoms with van der Waals surface area (Å²) in [5.41, 5.74) is 0.461. The fraction of sp³-hybridized carbons (Fsp3) is 0.429. The molecular weight excluding hydrogens is 386 g/mol. The Morgan fingerprint density at radius 1 is 1.13 bits per heavy atom. The second kappa shape index (κ2) is 8.17. The number of rotatable bonds is 5. The number of aromatic amines is 1. The van der Waals surface area contributed by atoms with Crippen LogP contribution < -0.4 is 21.3 Å². The number of nitrogens with zero attached hydrogens (tertiary/aromatic N) is 3. The second-order valence-electron chi connectivity index (χ2n) is 7.71. The predicted molar refractivity (Wildman–Crippen MR) is 113 cm³/mol. The van der Waals surface area contributed by atoms with Crippen LogP contribution in [0.3, 0.4) is 0 Å². The second-order valence-corrected chi connectivity index (χ2v) is 7.71. The topological polar surface area (TPSA) is 111 Å². The lowest BCUT2D eigenvalue weighted by atomic mass is 9.95. The van der Waals surface area contributed by atoms with Crippen molar-refractivity contribution in [3.63, 3.8) is 0 Å². The third kappa shape index (κ3) is 3.87. The number of aryl methyl sites for hydroxylation is 1. The van der Waals surface area contributed by atoms with Crippen molar-refractivity contribution in [2.45, 2.75) is 38.1 Å². The number of hydrogen-bond donors (Lipinski definition) is 2. The highest BCUT2D eigenvalue weighted by molar-refractivity contribution is 5.78. The van der Waals surface area contributed by atoms with Gasteiger partial charge in [0.1, 0.15) is 17.1 Å². The largest absolute Gasteiger partial charge is 0.484 e. The van der Waals surface area contributed by atoms with Crippen LogP contribution >= 0.6 is 0 Å². The maximum atomic E-state index is 12.3. The van der Waals surface area contributed by atoms with E-state index < -0.39 is 11.2 Å². The summed E-state index contributed by atoms with van der Waals surface area (Å²) in [6.07, 6.45) is 5.63. The Kier molecular flexibility index (Phi) is 5.43. The Bertz CT molecular complexity index is 1180. The van der Waals surface area contributed by atoms with Crippen molar-refractivity contribution in [1.29, 1.82) is 0 Å². The average Bonchev–Trinajstić information content (AvgIpc) is 3.22. The van der Waals surface area contributed by atoms with E-state index in [0.717, 1.165) is 35.8 Å². The fourth-order valence-electron chi connectivity index (χ4n) is 3.84. The lowest BCUT2D eigenvalue weighted by Gasteiger charge is -2.22. The summed E-state index contributed by atoms with van der Waals surface area (Å²) >= 11 is 0. The van der Waals surface area contributed by atoms with Gasteiger partial charge in [0, 0.05) is 25.7 Å². The van der Waals surface area contributed by atoms with E-state index in [9.17, 15) is 14.4 Å². The Hall–Kier alpha value is -3.36. The number of ether oxygens (including phenoxy) is 1. The molecule has 4 rings (SSSR count). The Morgan fingerprint density at radius 3 is 2.53 bits per heavy atom. The van der Waals surface area contributed by atoms with Crippen molar-refractivity contribution < 1.29 is 9.53 Å². The first-order valence-electron chi connectivity index (χ1n) is 10.1. The zero-order valence-corrected chi connectivity index (χ0v) is 17.1. The molecule has 2 N–H and O–H groups in total. The van der Waals surface area contributed by atoms with Crippen LogP contribution in [0.4, 0.5) is 0 Å². The summed E-state index contributed by atoms with van der Waals surface area (Å²) in [4.78, 5) is 43.9. The minimum absolute atomic E-state index is 0.0291. The van der Waals surface area contributed by atoms with Crippen molar-refractivity contribution in [3.8, 4) is 17.1 Å². The van der Waals surface area contributed by atoms with Gasteiger partial charge < -0.3 is 15.0 Å². The van der Waals surface area contributed by atoms with Crippen molar-refractivity contribution in [2.75, 3.05) is 6.61 Å². The van der Waals surface area contributed by atoms with Crippen LogP contribution in [0, 0.1) is 0 Å². The number of H-pyrrole nitrogens is 1. The van der Waals surface area contributed by atoms with Gasteiger partial charge in [-0.2, -0.15) is 0 Å². The molecule has 2 heterocycles. The number of fused-ring (bicyclic) bond motifs is 1. The van der Waals surface area contributed by atoms with E-state index >= 15 is 0 Å². The number of amides is 1. The summed E-state index contributed by atoms with van der Waals surface area (Å²) in [6.45, 7) is -0.0291.